The van der Waals surface area contributed by atoms with E-state index in [4.69, 9.17) is 10.8 Å². The fraction of sp³-hybridized carbons (Fsp3) is 0.500. The normalized spacial score (nSPS) is 20.5. The molecule has 2 saturated heterocycles. The molecule has 2 atom stereocenters. The van der Waals surface area contributed by atoms with Gasteiger partial charge in [-0.1, -0.05) is 26.0 Å². The predicted molar refractivity (Wildman–Crippen MR) is 126 cm³/mol. The van der Waals surface area contributed by atoms with Crippen molar-refractivity contribution in [1.82, 2.24) is 19.8 Å². The molecule has 0 saturated carbocycles. The van der Waals surface area contributed by atoms with Crippen molar-refractivity contribution >= 4 is 12.4 Å². The summed E-state index contributed by atoms with van der Waals surface area (Å²) in [6.07, 6.45) is 11.1. The van der Waals surface area contributed by atoms with Crippen LogP contribution in [0.1, 0.15) is 50.9 Å². The maximum atomic E-state index is 7.44. The maximum absolute atomic E-state index is 7.44. The number of hydrogen-bond donors (Lipinski definition) is 0. The van der Waals surface area contributed by atoms with Gasteiger partial charge in [0.25, 0.3) is 0 Å². The van der Waals surface area contributed by atoms with Gasteiger partial charge in [-0.3, -0.25) is 19.8 Å². The molecule has 0 amide bonds. The molecule has 0 spiro atoms. The Kier molecular flexibility index (Phi) is 13.8. The molecule has 166 valence electrons. The van der Waals surface area contributed by atoms with E-state index >= 15 is 0 Å². The number of likely N-dealkylation sites (tertiary alicyclic amines) is 2. The minimum Gasteiger partial charge on any atom is -0.814 e. The van der Waals surface area contributed by atoms with Crippen LogP contribution in [0.2, 0.25) is 0 Å². The van der Waals surface area contributed by atoms with E-state index in [1.165, 1.54) is 50.2 Å². The first-order valence-electron chi connectivity index (χ1n) is 10.9. The van der Waals surface area contributed by atoms with Gasteiger partial charge >= 0.3 is 17.1 Å². The van der Waals surface area contributed by atoms with Crippen LogP contribution in [0.15, 0.2) is 48.8 Å². The second-order valence-corrected chi connectivity index (χ2v) is 7.52. The van der Waals surface area contributed by atoms with Gasteiger partial charge in [-0.2, -0.15) is 0 Å². The molecular weight excluding hydrogens is 428 g/mol. The average molecular weight is 462 g/mol. The van der Waals surface area contributed by atoms with E-state index in [1.807, 2.05) is 24.5 Å². The molecule has 0 aromatic carbocycles. The number of hydrogen-bond acceptors (Lipinski definition) is 4. The average Bonchev–Trinajstić information content (AvgIpc) is 3.40. The first kappa shape index (κ1) is 27.1. The molecule has 0 N–H and O–H groups in total. The van der Waals surface area contributed by atoms with E-state index in [-0.39, 0.29) is 17.1 Å². The minimum atomic E-state index is 0. The first-order valence-corrected chi connectivity index (χ1v) is 10.9. The topological polar surface area (TPSA) is 76.9 Å². The molecule has 0 radical (unpaired) electrons. The van der Waals surface area contributed by atoms with Crippen LogP contribution in [-0.4, -0.2) is 57.4 Å². The predicted octanol–water partition coefficient (Wildman–Crippen LogP) is 4.40. The summed E-state index contributed by atoms with van der Waals surface area (Å²) < 4.78 is 0. The molecule has 0 unspecified atom stereocenters. The van der Waals surface area contributed by atoms with Crippen molar-refractivity contribution in [1.29, 1.82) is 0 Å². The fourth-order valence-electron chi connectivity index (χ4n) is 4.37. The summed E-state index contributed by atoms with van der Waals surface area (Å²) in [5, 5.41) is 14.9. The molecule has 0 bridgehead atoms. The molecule has 2 fully saturated rings. The third kappa shape index (κ3) is 8.99. The molecule has 2 aromatic heterocycles. The Morgan fingerprint density at radius 2 is 1.19 bits per heavy atom. The number of aromatic nitrogens is 2. The van der Waals surface area contributed by atoms with Gasteiger partial charge in [-0.05, 0) is 63.0 Å². The molecule has 2 aromatic rings. The minimum absolute atomic E-state index is 0. The van der Waals surface area contributed by atoms with Crippen LogP contribution < -0.4 is 0 Å². The summed E-state index contributed by atoms with van der Waals surface area (Å²) in [4.78, 5) is 14.4. The van der Waals surface area contributed by atoms with E-state index < -0.39 is 0 Å². The second kappa shape index (κ2) is 15.8. The number of rotatable bonds is 5. The van der Waals surface area contributed by atoms with Crippen LogP contribution in [0.5, 0.6) is 0 Å². The van der Waals surface area contributed by atoms with E-state index in [2.05, 4.69) is 44.0 Å². The van der Waals surface area contributed by atoms with Crippen LogP contribution in [0.25, 0.3) is 10.8 Å². The van der Waals surface area contributed by atoms with Crippen LogP contribution in [0.3, 0.4) is 0 Å². The third-order valence-corrected chi connectivity index (χ3v) is 5.46. The standard InChI is InChI=1S/C20H26N4.2C2H4N.Fe/c1-3-11-21-17(7-1)15-23-13-5-9-19(23)20-10-6-14-24(20)16-18-8-2-4-12-22-18;2*1-2-3;/h1-4,7-8,11-12,19-20H,5-6,9-10,13-16H2;2*2H,1H3;/q;2*-1;+4/t19-,20-;;;/m0.../s1. The third-order valence-electron chi connectivity index (χ3n) is 5.46. The molecule has 2 aliphatic heterocycles. The van der Waals surface area contributed by atoms with E-state index in [9.17, 15) is 0 Å². The quantitative estimate of drug-likeness (QED) is 0.488. The maximum Gasteiger partial charge on any atom is 4.00 e. The summed E-state index contributed by atoms with van der Waals surface area (Å²) >= 11 is 0. The monoisotopic (exact) mass is 462 g/mol. The first-order chi connectivity index (χ1) is 14.7. The van der Waals surface area contributed by atoms with Crippen LogP contribution in [-0.2, 0) is 30.2 Å². The van der Waals surface area contributed by atoms with E-state index in [0.29, 0.717) is 12.1 Å². The number of pyridine rings is 2. The Morgan fingerprint density at radius 1 is 0.806 bits per heavy atom. The molecule has 2 aliphatic rings. The zero-order chi connectivity index (χ0) is 21.6. The van der Waals surface area contributed by atoms with Crippen molar-refractivity contribution in [2.45, 2.75) is 64.7 Å². The largest absolute Gasteiger partial charge is 4.00 e. The molecular formula is C24H34FeN6+2. The molecule has 0 aliphatic carbocycles. The fourth-order valence-corrected chi connectivity index (χ4v) is 4.37. The Labute approximate surface area is 198 Å². The molecule has 31 heavy (non-hydrogen) atoms. The Hall–Kier alpha value is -1.92. The summed E-state index contributed by atoms with van der Waals surface area (Å²) in [5.74, 6) is 0. The van der Waals surface area contributed by atoms with Gasteiger partial charge in [-0.25, -0.2) is 12.4 Å². The van der Waals surface area contributed by atoms with Crippen LogP contribution in [0.4, 0.5) is 0 Å². The van der Waals surface area contributed by atoms with E-state index in [0.717, 1.165) is 25.5 Å². The van der Waals surface area contributed by atoms with Crippen molar-refractivity contribution in [3.63, 3.8) is 0 Å². The Balaban J connectivity index is 0.000000620. The van der Waals surface area contributed by atoms with E-state index in [1.54, 1.807) is 13.8 Å². The molecule has 4 heterocycles. The smallest absolute Gasteiger partial charge is 0.814 e. The molecule has 7 heteroatoms. The second-order valence-electron chi connectivity index (χ2n) is 7.52. The van der Waals surface area contributed by atoms with Crippen LogP contribution in [0, 0.1) is 0 Å². The SMILES string of the molecule is CC=[N-].CC=[N-].[Fe+4].c1ccc(CN2CCC[C@H]2[C@@H]2CCCN2Cc2ccccn2)nc1. The Bertz CT molecular complexity index is 664. The van der Waals surface area contributed by atoms with Crippen molar-refractivity contribution in [3.8, 4) is 0 Å². The zero-order valence-corrected chi connectivity index (χ0v) is 19.7. The summed E-state index contributed by atoms with van der Waals surface area (Å²) in [7, 11) is 0. The van der Waals surface area contributed by atoms with Gasteiger partial charge in [0.2, 0.25) is 0 Å². The van der Waals surface area contributed by atoms with Crippen LogP contribution >= 0.6 is 0 Å². The van der Waals surface area contributed by atoms with Gasteiger partial charge in [0.05, 0.1) is 11.4 Å². The Morgan fingerprint density at radius 3 is 1.52 bits per heavy atom. The number of nitrogens with zero attached hydrogens (tertiary/aromatic N) is 6. The summed E-state index contributed by atoms with van der Waals surface area (Å²) in [6.45, 7) is 7.49. The molecule has 6 nitrogen and oxygen atoms in total. The summed E-state index contributed by atoms with van der Waals surface area (Å²) in [5.41, 5.74) is 2.39. The van der Waals surface area contributed by atoms with Crippen molar-refractivity contribution < 1.29 is 17.1 Å². The summed E-state index contributed by atoms with van der Waals surface area (Å²) in [6, 6.07) is 13.8. The van der Waals surface area contributed by atoms with Gasteiger partial charge in [0, 0.05) is 37.6 Å². The van der Waals surface area contributed by atoms with Gasteiger partial charge < -0.3 is 10.8 Å². The van der Waals surface area contributed by atoms with Gasteiger partial charge in [0.1, 0.15) is 0 Å². The van der Waals surface area contributed by atoms with Crippen molar-refractivity contribution in [2.24, 2.45) is 0 Å². The zero-order valence-electron chi connectivity index (χ0n) is 18.6. The van der Waals surface area contributed by atoms with Crippen molar-refractivity contribution in [2.75, 3.05) is 13.1 Å². The van der Waals surface area contributed by atoms with Crippen molar-refractivity contribution in [3.05, 3.63) is 71.0 Å². The van der Waals surface area contributed by atoms with Gasteiger partial charge in [-0.15, -0.1) is 0 Å². The van der Waals surface area contributed by atoms with Gasteiger partial charge in [0.15, 0.2) is 0 Å². The molecule has 4 rings (SSSR count).